The smallest absolute Gasteiger partial charge is 0.199 e. The average molecular weight is 459 g/mol. The largest absolute Gasteiger partial charge is 0.545 e. The van der Waals surface area contributed by atoms with Crippen molar-refractivity contribution in [2.75, 3.05) is 33.1 Å². The second-order valence-corrected chi connectivity index (χ2v) is 12.9. The number of anilines is 1. The molecule has 0 amide bonds. The lowest BCUT2D eigenvalue weighted by atomic mass is 9.89. The number of rotatable bonds is 4. The number of carboxylic acids is 1. The maximum atomic E-state index is 15.3. The Hall–Kier alpha value is -3.51. The number of carbonyl (C=O) groups excluding carboxylic acids is 1. The van der Waals surface area contributed by atoms with E-state index in [2.05, 4.69) is 40.4 Å². The highest BCUT2D eigenvalue weighted by molar-refractivity contribution is 7.02. The van der Waals surface area contributed by atoms with Crippen LogP contribution in [0.25, 0.3) is 5.57 Å². The Morgan fingerprint density at radius 2 is 1.82 bits per heavy atom. The number of carbonyl (C=O) groups is 1. The minimum Gasteiger partial charge on any atom is -0.545 e. The number of hydrogen-bond acceptors (Lipinski definition) is 3. The fourth-order valence-corrected chi connectivity index (χ4v) is 7.72. The molecule has 0 bridgehead atoms. The molecule has 1 unspecified atom stereocenters. The van der Waals surface area contributed by atoms with Crippen molar-refractivity contribution >= 4 is 36.2 Å². The molecular weight excluding hydrogens is 431 g/mol. The topological polar surface area (TPSA) is 46.4 Å². The van der Waals surface area contributed by atoms with Crippen LogP contribution < -0.4 is 15.2 Å². The zero-order valence-electron chi connectivity index (χ0n) is 19.6. The van der Waals surface area contributed by atoms with Crippen molar-refractivity contribution in [3.05, 3.63) is 100 Å². The number of nitrogens with zero attached hydrogens (tertiary/aromatic N) is 2. The Morgan fingerprint density at radius 1 is 1.12 bits per heavy atom. The second kappa shape index (κ2) is 8.12. The molecule has 0 radical (unpaired) electrons. The minimum absolute atomic E-state index is 0.177. The van der Waals surface area contributed by atoms with E-state index in [0.717, 1.165) is 44.6 Å². The Balaban J connectivity index is 2.12. The molecule has 0 saturated carbocycles. The van der Waals surface area contributed by atoms with E-state index in [4.69, 9.17) is 0 Å². The van der Waals surface area contributed by atoms with Crippen LogP contribution in [0.3, 0.4) is 0 Å². The quantitative estimate of drug-likeness (QED) is 0.523. The normalized spacial score (nSPS) is 19.0. The summed E-state index contributed by atoms with van der Waals surface area (Å²) in [5.41, 5.74) is 7.09. The van der Waals surface area contributed by atoms with Crippen LogP contribution in [-0.4, -0.2) is 52.5 Å². The summed E-state index contributed by atoms with van der Waals surface area (Å²) in [4.78, 5) is 13.3. The first-order valence-electron chi connectivity index (χ1n) is 10.7. The molecule has 2 aromatic carbocycles. The summed E-state index contributed by atoms with van der Waals surface area (Å²) in [6.45, 7) is 6.49. The van der Waals surface area contributed by atoms with Crippen LogP contribution in [0.4, 0.5) is 10.1 Å². The molecule has 2 aliphatic rings. The third-order valence-corrected chi connectivity index (χ3v) is 10.5. The molecule has 33 heavy (non-hydrogen) atoms. The van der Waals surface area contributed by atoms with Crippen LogP contribution in [-0.2, 0) is 0 Å². The van der Waals surface area contributed by atoms with Gasteiger partial charge in [-0.1, -0.05) is 30.4 Å². The van der Waals surface area contributed by atoms with Gasteiger partial charge in [-0.2, -0.15) is 0 Å². The highest BCUT2D eigenvalue weighted by atomic mass is 28.3. The molecule has 0 aromatic heterocycles. The molecule has 1 atom stereocenters. The molecule has 1 aliphatic carbocycles. The summed E-state index contributed by atoms with van der Waals surface area (Å²) in [6.07, 6.45) is 6.26. The summed E-state index contributed by atoms with van der Waals surface area (Å²) < 4.78 is 17.4. The van der Waals surface area contributed by atoms with Crippen LogP contribution >= 0.6 is 0 Å². The highest BCUT2D eigenvalue weighted by Gasteiger charge is 2.42. The van der Waals surface area contributed by atoms with Gasteiger partial charge in [0.25, 0.3) is 0 Å². The summed E-state index contributed by atoms with van der Waals surface area (Å²) in [7, 11) is 5.63. The van der Waals surface area contributed by atoms with Crippen molar-refractivity contribution in [2.24, 2.45) is 0 Å². The fraction of sp³-hybridized carbons (Fsp3) is 0.185. The van der Waals surface area contributed by atoms with E-state index in [9.17, 15) is 9.90 Å². The van der Waals surface area contributed by atoms with Gasteiger partial charge in [0.15, 0.2) is 5.71 Å². The number of allylic oxidation sites excluding steroid dienone is 5. The molecule has 0 fully saturated rings. The van der Waals surface area contributed by atoms with Crippen molar-refractivity contribution in [3.8, 4) is 0 Å². The fourth-order valence-electron chi connectivity index (χ4n) is 4.56. The Bertz CT molecular complexity index is 1330. The van der Waals surface area contributed by atoms with E-state index < -0.39 is 19.9 Å². The maximum Gasteiger partial charge on any atom is 0.199 e. The molecule has 0 saturated heterocycles. The van der Waals surface area contributed by atoms with Gasteiger partial charge >= 0.3 is 0 Å². The van der Waals surface area contributed by atoms with E-state index in [1.165, 1.54) is 6.07 Å². The molecule has 0 spiro atoms. The molecule has 1 aliphatic heterocycles. The standard InChI is InChI=1S/C27H27FN2O2Si/c1-7-33(6)24-15-18(29(2)3)9-12-21(24)26(20-11-8-17(27(31)32)14-23(20)28)22-13-10-19(30(4)5)16-25(22)33/h7-16H,1H2,2-6H3. The zero-order chi connectivity index (χ0) is 24.1. The van der Waals surface area contributed by atoms with Crippen LogP contribution in [0.5, 0.6) is 0 Å². The first kappa shape index (κ1) is 22.7. The molecule has 0 N–H and O–H groups in total. The van der Waals surface area contributed by atoms with Gasteiger partial charge in [0.2, 0.25) is 0 Å². The lowest BCUT2D eigenvalue weighted by molar-refractivity contribution is -0.462. The predicted octanol–water partition coefficient (Wildman–Crippen LogP) is 2.83. The minimum atomic E-state index is -2.36. The third-order valence-electron chi connectivity index (χ3n) is 6.58. The van der Waals surface area contributed by atoms with Crippen molar-refractivity contribution in [3.63, 3.8) is 0 Å². The van der Waals surface area contributed by atoms with Crippen LogP contribution in [0.1, 0.15) is 21.5 Å². The van der Waals surface area contributed by atoms with Gasteiger partial charge in [-0.3, -0.25) is 0 Å². The van der Waals surface area contributed by atoms with Gasteiger partial charge in [0, 0.05) is 43.1 Å². The third kappa shape index (κ3) is 3.60. The van der Waals surface area contributed by atoms with Crippen LogP contribution in [0.15, 0.2) is 77.7 Å². The first-order valence-corrected chi connectivity index (χ1v) is 13.3. The average Bonchev–Trinajstić information content (AvgIpc) is 2.79. The summed E-state index contributed by atoms with van der Waals surface area (Å²) in [5, 5.41) is 13.6. The van der Waals surface area contributed by atoms with Crippen LogP contribution in [0.2, 0.25) is 6.55 Å². The van der Waals surface area contributed by atoms with Crippen molar-refractivity contribution in [2.45, 2.75) is 6.55 Å². The monoisotopic (exact) mass is 458 g/mol. The molecule has 2 aromatic rings. The van der Waals surface area contributed by atoms with Crippen LogP contribution in [0, 0.1) is 5.82 Å². The summed E-state index contributed by atoms with van der Waals surface area (Å²) in [6, 6.07) is 10.2. The van der Waals surface area contributed by atoms with E-state index >= 15 is 4.39 Å². The summed E-state index contributed by atoms with van der Waals surface area (Å²) >= 11 is 0. The van der Waals surface area contributed by atoms with E-state index in [-0.39, 0.29) is 5.56 Å². The Kier molecular flexibility index (Phi) is 5.58. The predicted molar refractivity (Wildman–Crippen MR) is 133 cm³/mol. The number of benzene rings is 2. The van der Waals surface area contributed by atoms with Gasteiger partial charge in [0.1, 0.15) is 28.0 Å². The van der Waals surface area contributed by atoms with Gasteiger partial charge in [-0.05, 0) is 51.4 Å². The Morgan fingerprint density at radius 3 is 2.39 bits per heavy atom. The van der Waals surface area contributed by atoms with E-state index in [0.29, 0.717) is 5.56 Å². The first-order chi connectivity index (χ1) is 15.6. The highest BCUT2D eigenvalue weighted by Crippen LogP contribution is 2.42. The second-order valence-electron chi connectivity index (χ2n) is 9.01. The van der Waals surface area contributed by atoms with Crippen molar-refractivity contribution in [1.82, 2.24) is 0 Å². The molecule has 4 nitrogen and oxygen atoms in total. The van der Waals surface area contributed by atoms with E-state index in [1.54, 1.807) is 6.07 Å². The van der Waals surface area contributed by atoms with Gasteiger partial charge in [0.05, 0.1) is 5.97 Å². The molecule has 6 heteroatoms. The SMILES string of the molecule is C=C[Si]1(C)C2=CC(=[N+](C)C)C=CC2=C(c2ccc(C(=O)[O-])cc2F)c2ccc(N(C)C)cc21. The van der Waals surface area contributed by atoms with Gasteiger partial charge in [-0.25, -0.2) is 8.97 Å². The number of hydrogen-bond donors (Lipinski definition) is 0. The number of fused-ring (bicyclic) bond motifs is 2. The molecule has 168 valence electrons. The Labute approximate surface area is 195 Å². The van der Waals surface area contributed by atoms with Crippen molar-refractivity contribution in [1.29, 1.82) is 0 Å². The lowest BCUT2D eigenvalue weighted by Gasteiger charge is -2.38. The van der Waals surface area contributed by atoms with Crippen molar-refractivity contribution < 1.29 is 18.9 Å². The molecule has 4 rings (SSSR count). The number of aromatic carboxylic acids is 1. The molecule has 1 heterocycles. The summed E-state index contributed by atoms with van der Waals surface area (Å²) in [5.74, 6) is -1.98. The molecular formula is C27H27FN2O2Si. The van der Waals surface area contributed by atoms with Gasteiger partial charge in [-0.15, -0.1) is 6.58 Å². The lowest BCUT2D eigenvalue weighted by Crippen LogP contribution is -2.51. The zero-order valence-corrected chi connectivity index (χ0v) is 20.6. The van der Waals surface area contributed by atoms with E-state index in [1.807, 2.05) is 52.5 Å². The maximum absolute atomic E-state index is 15.3. The number of carboxylic acid groups (broad SMARTS) is 1. The number of halogens is 1. The van der Waals surface area contributed by atoms with Gasteiger partial charge < -0.3 is 14.8 Å².